The Hall–Kier alpha value is -2.01. The number of rotatable bonds is 3. The summed E-state index contributed by atoms with van der Waals surface area (Å²) in [7, 11) is 0. The van der Waals surface area contributed by atoms with Crippen LogP contribution in [0.15, 0.2) is 41.9 Å². The molecule has 17 heavy (non-hydrogen) atoms. The SMILES string of the molecule is N/C(=N/O)c1cccn1Cc1ccncc1Cl. The fourth-order valence-electron chi connectivity index (χ4n) is 1.55. The molecule has 0 saturated heterocycles. The highest BCUT2D eigenvalue weighted by atomic mass is 35.5. The molecule has 2 aromatic rings. The average molecular weight is 251 g/mol. The van der Waals surface area contributed by atoms with Gasteiger partial charge in [-0.15, -0.1) is 0 Å². The number of hydrogen-bond donors (Lipinski definition) is 2. The second kappa shape index (κ2) is 4.88. The molecular weight excluding hydrogens is 240 g/mol. The molecule has 0 aliphatic carbocycles. The molecule has 0 bridgehead atoms. The minimum absolute atomic E-state index is 0.0696. The molecule has 6 heteroatoms. The van der Waals surface area contributed by atoms with Crippen molar-refractivity contribution >= 4 is 17.4 Å². The van der Waals surface area contributed by atoms with E-state index in [1.54, 1.807) is 18.5 Å². The van der Waals surface area contributed by atoms with Gasteiger partial charge in [0, 0.05) is 25.1 Å². The third-order valence-electron chi connectivity index (χ3n) is 2.40. The molecule has 0 aliphatic rings. The Morgan fingerprint density at radius 2 is 2.35 bits per heavy atom. The molecule has 2 heterocycles. The van der Waals surface area contributed by atoms with Gasteiger partial charge in [0.25, 0.3) is 0 Å². The number of halogens is 1. The highest BCUT2D eigenvalue weighted by molar-refractivity contribution is 6.31. The average Bonchev–Trinajstić information content (AvgIpc) is 2.79. The van der Waals surface area contributed by atoms with Crippen molar-refractivity contribution in [1.29, 1.82) is 0 Å². The first-order valence-electron chi connectivity index (χ1n) is 4.94. The maximum absolute atomic E-state index is 8.67. The highest BCUT2D eigenvalue weighted by Gasteiger charge is 2.07. The quantitative estimate of drug-likeness (QED) is 0.377. The van der Waals surface area contributed by atoms with E-state index in [-0.39, 0.29) is 5.84 Å². The molecule has 0 amide bonds. The molecular formula is C11H11ClN4O. The van der Waals surface area contributed by atoms with Crippen molar-refractivity contribution in [1.82, 2.24) is 9.55 Å². The number of amidine groups is 1. The molecule has 0 saturated carbocycles. The lowest BCUT2D eigenvalue weighted by Gasteiger charge is -2.09. The van der Waals surface area contributed by atoms with Gasteiger partial charge >= 0.3 is 0 Å². The van der Waals surface area contributed by atoms with Gasteiger partial charge in [-0.05, 0) is 23.8 Å². The lowest BCUT2D eigenvalue weighted by molar-refractivity contribution is 0.318. The molecule has 5 nitrogen and oxygen atoms in total. The fraction of sp³-hybridized carbons (Fsp3) is 0.0909. The van der Waals surface area contributed by atoms with Gasteiger partial charge in [0.2, 0.25) is 0 Å². The van der Waals surface area contributed by atoms with Crippen LogP contribution in [0.25, 0.3) is 0 Å². The van der Waals surface area contributed by atoms with Crippen LogP contribution in [0.2, 0.25) is 5.02 Å². The van der Waals surface area contributed by atoms with E-state index in [2.05, 4.69) is 10.1 Å². The largest absolute Gasteiger partial charge is 0.409 e. The fourth-order valence-corrected chi connectivity index (χ4v) is 1.73. The van der Waals surface area contributed by atoms with Crippen LogP contribution in [0.5, 0.6) is 0 Å². The lowest BCUT2D eigenvalue weighted by Crippen LogP contribution is -2.18. The van der Waals surface area contributed by atoms with Gasteiger partial charge in [-0.3, -0.25) is 4.98 Å². The number of nitrogens with two attached hydrogens (primary N) is 1. The first-order chi connectivity index (χ1) is 8.22. The molecule has 0 aliphatic heterocycles. The zero-order valence-corrected chi connectivity index (χ0v) is 9.67. The molecule has 88 valence electrons. The normalized spacial score (nSPS) is 11.7. The smallest absolute Gasteiger partial charge is 0.186 e. The van der Waals surface area contributed by atoms with E-state index >= 15 is 0 Å². The van der Waals surface area contributed by atoms with E-state index in [0.29, 0.717) is 17.3 Å². The van der Waals surface area contributed by atoms with E-state index in [9.17, 15) is 0 Å². The van der Waals surface area contributed by atoms with Crippen molar-refractivity contribution in [2.24, 2.45) is 10.9 Å². The molecule has 0 fully saturated rings. The van der Waals surface area contributed by atoms with Crippen LogP contribution in [0.3, 0.4) is 0 Å². The molecule has 0 aromatic carbocycles. The van der Waals surface area contributed by atoms with Gasteiger partial charge < -0.3 is 15.5 Å². The molecule has 2 aromatic heterocycles. The van der Waals surface area contributed by atoms with E-state index < -0.39 is 0 Å². The summed E-state index contributed by atoms with van der Waals surface area (Å²) in [6.45, 7) is 0.542. The van der Waals surface area contributed by atoms with Crippen molar-refractivity contribution in [3.63, 3.8) is 0 Å². The standard InChI is InChI=1S/C11H11ClN4O/c12-9-6-14-4-3-8(9)7-16-5-1-2-10(16)11(13)15-17/h1-6,17H,7H2,(H2,13,15). The summed E-state index contributed by atoms with van der Waals surface area (Å²) >= 11 is 6.02. The summed E-state index contributed by atoms with van der Waals surface area (Å²) in [4.78, 5) is 3.92. The summed E-state index contributed by atoms with van der Waals surface area (Å²) < 4.78 is 1.84. The number of aromatic nitrogens is 2. The van der Waals surface area contributed by atoms with Crippen molar-refractivity contribution in [3.8, 4) is 0 Å². The summed E-state index contributed by atoms with van der Waals surface area (Å²) in [5.74, 6) is 0.0696. The van der Waals surface area contributed by atoms with Crippen LogP contribution in [0.4, 0.5) is 0 Å². The van der Waals surface area contributed by atoms with Crippen molar-refractivity contribution in [2.45, 2.75) is 6.54 Å². The molecule has 0 unspecified atom stereocenters. The van der Waals surface area contributed by atoms with Gasteiger partial charge in [-0.2, -0.15) is 0 Å². The zero-order valence-electron chi connectivity index (χ0n) is 8.92. The monoisotopic (exact) mass is 250 g/mol. The molecule has 0 spiro atoms. The van der Waals surface area contributed by atoms with Crippen LogP contribution in [-0.4, -0.2) is 20.6 Å². The first kappa shape index (κ1) is 11.5. The highest BCUT2D eigenvalue weighted by Crippen LogP contribution is 2.16. The second-order valence-electron chi connectivity index (χ2n) is 3.47. The Morgan fingerprint density at radius 3 is 3.06 bits per heavy atom. The Bertz CT molecular complexity index is 550. The minimum atomic E-state index is 0.0696. The zero-order chi connectivity index (χ0) is 12.3. The van der Waals surface area contributed by atoms with Crippen molar-refractivity contribution in [3.05, 3.63) is 53.1 Å². The van der Waals surface area contributed by atoms with Gasteiger partial charge in [-0.25, -0.2) is 0 Å². The Morgan fingerprint density at radius 1 is 1.53 bits per heavy atom. The minimum Gasteiger partial charge on any atom is -0.409 e. The predicted molar refractivity (Wildman–Crippen MR) is 65.3 cm³/mol. The van der Waals surface area contributed by atoms with E-state index in [1.165, 1.54) is 0 Å². The second-order valence-corrected chi connectivity index (χ2v) is 3.88. The Kier molecular flexibility index (Phi) is 3.30. The maximum atomic E-state index is 8.67. The first-order valence-corrected chi connectivity index (χ1v) is 5.31. The van der Waals surface area contributed by atoms with Crippen LogP contribution in [0, 0.1) is 0 Å². The summed E-state index contributed by atoms with van der Waals surface area (Å²) in [6.07, 6.45) is 5.10. The van der Waals surface area contributed by atoms with E-state index in [1.807, 2.05) is 22.9 Å². The van der Waals surface area contributed by atoms with Crippen LogP contribution < -0.4 is 5.73 Å². The molecule has 0 atom stereocenters. The third kappa shape index (κ3) is 2.39. The van der Waals surface area contributed by atoms with Crippen LogP contribution in [0.1, 0.15) is 11.3 Å². The number of oxime groups is 1. The van der Waals surface area contributed by atoms with Crippen molar-refractivity contribution < 1.29 is 5.21 Å². The van der Waals surface area contributed by atoms with Gasteiger partial charge in [0.05, 0.1) is 10.7 Å². The number of hydrogen-bond acceptors (Lipinski definition) is 3. The predicted octanol–water partition coefficient (Wildman–Crippen LogP) is 1.68. The third-order valence-corrected chi connectivity index (χ3v) is 2.74. The molecule has 3 N–H and O–H groups in total. The van der Waals surface area contributed by atoms with Crippen LogP contribution in [-0.2, 0) is 6.54 Å². The van der Waals surface area contributed by atoms with Crippen LogP contribution >= 0.6 is 11.6 Å². The van der Waals surface area contributed by atoms with Gasteiger partial charge in [0.15, 0.2) is 5.84 Å². The summed E-state index contributed by atoms with van der Waals surface area (Å²) in [5, 5.41) is 12.2. The van der Waals surface area contributed by atoms with Gasteiger partial charge in [-0.1, -0.05) is 16.8 Å². The summed E-state index contributed by atoms with van der Waals surface area (Å²) in [5.41, 5.74) is 7.13. The van der Waals surface area contributed by atoms with Crippen molar-refractivity contribution in [2.75, 3.05) is 0 Å². The Balaban J connectivity index is 2.32. The topological polar surface area (TPSA) is 76.4 Å². The molecule has 2 rings (SSSR count). The lowest BCUT2D eigenvalue weighted by atomic mass is 10.2. The summed E-state index contributed by atoms with van der Waals surface area (Å²) in [6, 6.07) is 5.42. The Labute approximate surface area is 103 Å². The molecule has 0 radical (unpaired) electrons. The number of nitrogens with zero attached hydrogens (tertiary/aromatic N) is 3. The van der Waals surface area contributed by atoms with E-state index in [4.69, 9.17) is 22.5 Å². The number of pyridine rings is 1. The maximum Gasteiger partial charge on any atom is 0.186 e. The van der Waals surface area contributed by atoms with E-state index in [0.717, 1.165) is 5.56 Å². The van der Waals surface area contributed by atoms with Gasteiger partial charge in [0.1, 0.15) is 0 Å².